The summed E-state index contributed by atoms with van der Waals surface area (Å²) in [5.74, 6) is -0.449. The number of morpholine rings is 1. The van der Waals surface area contributed by atoms with Crippen molar-refractivity contribution in [2.45, 2.75) is 44.0 Å². The van der Waals surface area contributed by atoms with E-state index in [2.05, 4.69) is 0 Å². The number of rotatable bonds is 7. The number of hydrogen-bond acceptors (Lipinski definition) is 7. The van der Waals surface area contributed by atoms with Crippen LogP contribution in [-0.4, -0.2) is 63.0 Å². The van der Waals surface area contributed by atoms with Gasteiger partial charge in [0.05, 0.1) is 29.8 Å². The van der Waals surface area contributed by atoms with Crippen molar-refractivity contribution in [2.24, 2.45) is 0 Å². The molecule has 1 aliphatic heterocycles. The molecule has 32 heavy (non-hydrogen) atoms. The summed E-state index contributed by atoms with van der Waals surface area (Å²) < 4.78 is 43.2. The monoisotopic (exact) mass is 461 g/mol. The second kappa shape index (κ2) is 9.81. The van der Waals surface area contributed by atoms with Gasteiger partial charge in [0, 0.05) is 18.7 Å². The quantitative estimate of drug-likeness (QED) is 0.462. The van der Waals surface area contributed by atoms with E-state index in [0.29, 0.717) is 11.3 Å². The summed E-state index contributed by atoms with van der Waals surface area (Å²) in [6, 6.07) is 12.0. The van der Waals surface area contributed by atoms with Gasteiger partial charge in [0.25, 0.3) is 0 Å². The number of ketones is 1. The van der Waals surface area contributed by atoms with E-state index in [-0.39, 0.29) is 41.5 Å². The first kappa shape index (κ1) is 23.9. The van der Waals surface area contributed by atoms with Crippen molar-refractivity contribution >= 4 is 21.8 Å². The Morgan fingerprint density at radius 2 is 1.50 bits per heavy atom. The maximum Gasteiger partial charge on any atom is 0.338 e. The largest absolute Gasteiger partial charge is 0.497 e. The van der Waals surface area contributed by atoms with Crippen LogP contribution in [-0.2, 0) is 19.5 Å². The maximum absolute atomic E-state index is 12.9. The first-order valence-corrected chi connectivity index (χ1v) is 11.7. The molecule has 172 valence electrons. The summed E-state index contributed by atoms with van der Waals surface area (Å²) in [5.41, 5.74) is 0.545. The van der Waals surface area contributed by atoms with Crippen LogP contribution in [0.25, 0.3) is 0 Å². The topological polar surface area (TPSA) is 99.2 Å². The van der Waals surface area contributed by atoms with Gasteiger partial charge < -0.3 is 14.2 Å². The molecule has 1 heterocycles. The predicted octanol–water partition coefficient (Wildman–Crippen LogP) is 2.92. The number of methoxy groups -OCH3 is 1. The number of carbonyl (C=O) groups excluding carboxylic acids is 2. The molecule has 9 heteroatoms. The molecule has 3 atom stereocenters. The molecule has 0 radical (unpaired) electrons. The molecule has 1 fully saturated rings. The molecule has 1 saturated heterocycles. The zero-order valence-corrected chi connectivity index (χ0v) is 19.3. The van der Waals surface area contributed by atoms with E-state index in [4.69, 9.17) is 14.2 Å². The third kappa shape index (κ3) is 5.35. The Balaban J connectivity index is 1.67. The second-order valence-corrected chi connectivity index (χ2v) is 9.68. The first-order valence-electron chi connectivity index (χ1n) is 10.3. The Labute approximate surface area is 188 Å². The van der Waals surface area contributed by atoms with Gasteiger partial charge in [0.2, 0.25) is 15.8 Å². The Hall–Kier alpha value is -2.75. The van der Waals surface area contributed by atoms with E-state index < -0.39 is 22.1 Å². The standard InChI is InChI=1S/C23H27NO7S/c1-15-13-24(14-16(2)30-15)32(27,28)21-11-7-19(8-12-21)23(26)31-17(3)22(25)18-5-9-20(29-4)10-6-18/h5-12,15-17H,13-14H2,1-4H3/t15-,16+,17-/m1/s1. The molecule has 3 rings (SSSR count). The highest BCUT2D eigenvalue weighted by Gasteiger charge is 2.32. The van der Waals surface area contributed by atoms with Crippen LogP contribution in [0.15, 0.2) is 53.4 Å². The molecule has 0 aromatic heterocycles. The van der Waals surface area contributed by atoms with Crippen LogP contribution in [0.2, 0.25) is 0 Å². The lowest BCUT2D eigenvalue weighted by molar-refractivity contribution is -0.0440. The molecular formula is C23H27NO7S. The number of carbonyl (C=O) groups is 2. The van der Waals surface area contributed by atoms with Gasteiger partial charge >= 0.3 is 5.97 Å². The van der Waals surface area contributed by atoms with Crippen LogP contribution < -0.4 is 4.74 Å². The van der Waals surface area contributed by atoms with Gasteiger partial charge in [-0.15, -0.1) is 0 Å². The number of hydrogen-bond donors (Lipinski definition) is 0. The molecule has 0 saturated carbocycles. The number of ether oxygens (including phenoxy) is 3. The van der Waals surface area contributed by atoms with Crippen LogP contribution in [0, 0.1) is 0 Å². The normalized spacial score (nSPS) is 20.4. The summed E-state index contributed by atoms with van der Waals surface area (Å²) in [6.45, 7) is 5.67. The Bertz CT molecular complexity index is 1050. The van der Waals surface area contributed by atoms with Crippen molar-refractivity contribution < 1.29 is 32.2 Å². The highest BCUT2D eigenvalue weighted by Crippen LogP contribution is 2.22. The van der Waals surface area contributed by atoms with E-state index in [1.165, 1.54) is 42.6 Å². The highest BCUT2D eigenvalue weighted by atomic mass is 32.2. The van der Waals surface area contributed by atoms with Crippen molar-refractivity contribution in [3.8, 4) is 5.75 Å². The number of Topliss-reactive ketones (excluding diaryl/α,β-unsaturated/α-hetero) is 1. The zero-order chi connectivity index (χ0) is 23.5. The minimum atomic E-state index is -3.71. The lowest BCUT2D eigenvalue weighted by Crippen LogP contribution is -2.48. The van der Waals surface area contributed by atoms with Crippen molar-refractivity contribution in [3.63, 3.8) is 0 Å². The van der Waals surface area contributed by atoms with Crippen LogP contribution in [0.1, 0.15) is 41.5 Å². The van der Waals surface area contributed by atoms with E-state index in [1.54, 1.807) is 24.3 Å². The molecule has 0 unspecified atom stereocenters. The molecule has 0 aliphatic carbocycles. The van der Waals surface area contributed by atoms with Crippen LogP contribution in [0.3, 0.4) is 0 Å². The van der Waals surface area contributed by atoms with E-state index in [0.717, 1.165) is 0 Å². The number of benzene rings is 2. The lowest BCUT2D eigenvalue weighted by Gasteiger charge is -2.34. The molecular weight excluding hydrogens is 434 g/mol. The van der Waals surface area contributed by atoms with Gasteiger partial charge in [-0.25, -0.2) is 13.2 Å². The molecule has 2 aromatic rings. The summed E-state index contributed by atoms with van der Waals surface area (Å²) in [7, 11) is -2.18. The third-order valence-electron chi connectivity index (χ3n) is 5.14. The molecule has 0 amide bonds. The van der Waals surface area contributed by atoms with Gasteiger partial charge in [-0.3, -0.25) is 4.79 Å². The van der Waals surface area contributed by atoms with Crippen molar-refractivity contribution in [1.82, 2.24) is 4.31 Å². The number of nitrogens with zero attached hydrogens (tertiary/aromatic N) is 1. The average Bonchev–Trinajstić information content (AvgIpc) is 2.78. The van der Waals surface area contributed by atoms with Crippen LogP contribution >= 0.6 is 0 Å². The molecule has 0 spiro atoms. The fourth-order valence-corrected chi connectivity index (χ4v) is 5.10. The Morgan fingerprint density at radius 3 is 2.03 bits per heavy atom. The maximum atomic E-state index is 12.9. The molecule has 8 nitrogen and oxygen atoms in total. The Morgan fingerprint density at radius 1 is 0.969 bits per heavy atom. The van der Waals surface area contributed by atoms with Gasteiger partial charge in [-0.2, -0.15) is 4.31 Å². The fraction of sp³-hybridized carbons (Fsp3) is 0.391. The molecule has 2 aromatic carbocycles. The van der Waals surface area contributed by atoms with E-state index in [9.17, 15) is 18.0 Å². The molecule has 0 N–H and O–H groups in total. The SMILES string of the molecule is COc1ccc(C(=O)[C@@H](C)OC(=O)c2ccc(S(=O)(=O)N3C[C@@H](C)O[C@@H](C)C3)cc2)cc1. The summed E-state index contributed by atoms with van der Waals surface area (Å²) >= 11 is 0. The predicted molar refractivity (Wildman–Crippen MR) is 117 cm³/mol. The highest BCUT2D eigenvalue weighted by molar-refractivity contribution is 7.89. The van der Waals surface area contributed by atoms with Gasteiger partial charge in [-0.1, -0.05) is 0 Å². The zero-order valence-electron chi connectivity index (χ0n) is 18.5. The second-order valence-electron chi connectivity index (χ2n) is 7.74. The van der Waals surface area contributed by atoms with Gasteiger partial charge in [0.1, 0.15) is 5.75 Å². The van der Waals surface area contributed by atoms with Crippen LogP contribution in [0.4, 0.5) is 0 Å². The molecule has 0 bridgehead atoms. The number of sulfonamides is 1. The van der Waals surface area contributed by atoms with Crippen LogP contribution in [0.5, 0.6) is 5.75 Å². The van der Waals surface area contributed by atoms with E-state index >= 15 is 0 Å². The first-order chi connectivity index (χ1) is 15.1. The minimum absolute atomic E-state index is 0.0812. The van der Waals surface area contributed by atoms with Gasteiger partial charge in [-0.05, 0) is 69.3 Å². The summed E-state index contributed by atoms with van der Waals surface area (Å²) in [6.07, 6.45) is -1.41. The summed E-state index contributed by atoms with van der Waals surface area (Å²) in [4.78, 5) is 25.1. The summed E-state index contributed by atoms with van der Waals surface area (Å²) in [5, 5.41) is 0. The van der Waals surface area contributed by atoms with Crippen molar-refractivity contribution in [3.05, 3.63) is 59.7 Å². The Kier molecular flexibility index (Phi) is 7.33. The third-order valence-corrected chi connectivity index (χ3v) is 6.99. The number of esters is 1. The van der Waals surface area contributed by atoms with Crippen molar-refractivity contribution in [2.75, 3.05) is 20.2 Å². The minimum Gasteiger partial charge on any atom is -0.497 e. The van der Waals surface area contributed by atoms with Crippen molar-refractivity contribution in [1.29, 1.82) is 0 Å². The molecule has 1 aliphatic rings. The fourth-order valence-electron chi connectivity index (χ4n) is 3.51. The van der Waals surface area contributed by atoms with Gasteiger partial charge in [0.15, 0.2) is 6.10 Å². The smallest absolute Gasteiger partial charge is 0.338 e. The average molecular weight is 462 g/mol. The lowest BCUT2D eigenvalue weighted by atomic mass is 10.1. The van der Waals surface area contributed by atoms with E-state index in [1.807, 2.05) is 13.8 Å².